The summed E-state index contributed by atoms with van der Waals surface area (Å²) in [6.45, 7) is 7.54. The molecule has 0 fully saturated rings. The third kappa shape index (κ3) is 7.15. The van der Waals surface area contributed by atoms with Crippen molar-refractivity contribution in [2.24, 2.45) is 0 Å². The van der Waals surface area contributed by atoms with Crippen molar-refractivity contribution < 1.29 is 14.6 Å². The number of hydrogen-bond donors (Lipinski definition) is 1. The van der Waals surface area contributed by atoms with Crippen molar-refractivity contribution in [1.82, 2.24) is 0 Å². The zero-order valence-corrected chi connectivity index (χ0v) is 15.2. The van der Waals surface area contributed by atoms with Gasteiger partial charge in [-0.25, -0.2) is 0 Å². The molecule has 3 nitrogen and oxygen atoms in total. The van der Waals surface area contributed by atoms with Gasteiger partial charge in [-0.3, -0.25) is 0 Å². The van der Waals surface area contributed by atoms with Gasteiger partial charge in [-0.1, -0.05) is 52.4 Å². The van der Waals surface area contributed by atoms with Crippen molar-refractivity contribution >= 4 is 0 Å². The zero-order valence-electron chi connectivity index (χ0n) is 15.2. The Morgan fingerprint density at radius 1 is 0.826 bits per heavy atom. The summed E-state index contributed by atoms with van der Waals surface area (Å²) < 4.78 is 11.5. The van der Waals surface area contributed by atoms with Crippen LogP contribution in [0.15, 0.2) is 12.1 Å². The lowest BCUT2D eigenvalue weighted by Crippen LogP contribution is -2.03. The van der Waals surface area contributed by atoms with Crippen LogP contribution in [0.4, 0.5) is 0 Å². The molecule has 0 aromatic heterocycles. The summed E-state index contributed by atoms with van der Waals surface area (Å²) in [6, 6.07) is 3.53. The monoisotopic (exact) mass is 322 g/mol. The molecular weight excluding hydrogens is 288 g/mol. The largest absolute Gasteiger partial charge is 0.508 e. The highest BCUT2D eigenvalue weighted by Crippen LogP contribution is 2.38. The van der Waals surface area contributed by atoms with Crippen LogP contribution in [0.5, 0.6) is 17.2 Å². The molecule has 132 valence electrons. The minimum atomic E-state index is 0.325. The average molecular weight is 322 g/mol. The van der Waals surface area contributed by atoms with Gasteiger partial charge >= 0.3 is 0 Å². The predicted octanol–water partition coefficient (Wildman–Crippen LogP) is 5.87. The molecule has 1 N–H and O–H groups in total. The van der Waals surface area contributed by atoms with Gasteiger partial charge < -0.3 is 14.6 Å². The van der Waals surface area contributed by atoms with E-state index in [-0.39, 0.29) is 0 Å². The van der Waals surface area contributed by atoms with E-state index < -0.39 is 0 Å². The van der Waals surface area contributed by atoms with Gasteiger partial charge in [0.25, 0.3) is 0 Å². The second-order valence-electron chi connectivity index (χ2n) is 6.04. The molecule has 0 spiro atoms. The van der Waals surface area contributed by atoms with Crippen LogP contribution in [0.25, 0.3) is 0 Å². The first-order chi connectivity index (χ1) is 11.2. The lowest BCUT2D eigenvalue weighted by molar-refractivity contribution is 0.272. The molecule has 0 aliphatic rings. The van der Waals surface area contributed by atoms with Crippen molar-refractivity contribution in [2.45, 2.75) is 78.6 Å². The first-order valence-electron chi connectivity index (χ1n) is 9.34. The van der Waals surface area contributed by atoms with E-state index in [1.165, 1.54) is 38.5 Å². The van der Waals surface area contributed by atoms with Crippen molar-refractivity contribution in [1.29, 1.82) is 0 Å². The van der Waals surface area contributed by atoms with Gasteiger partial charge in [-0.2, -0.15) is 0 Å². The quantitative estimate of drug-likeness (QED) is 0.461. The van der Waals surface area contributed by atoms with Crippen LogP contribution in [-0.4, -0.2) is 18.3 Å². The third-order valence-corrected chi connectivity index (χ3v) is 3.98. The first kappa shape index (κ1) is 19.7. The fourth-order valence-electron chi connectivity index (χ4n) is 2.73. The lowest BCUT2D eigenvalue weighted by Gasteiger charge is -2.17. The topological polar surface area (TPSA) is 38.7 Å². The van der Waals surface area contributed by atoms with E-state index >= 15 is 0 Å². The van der Waals surface area contributed by atoms with Gasteiger partial charge in [0.1, 0.15) is 5.75 Å². The van der Waals surface area contributed by atoms with Gasteiger partial charge in [-0.15, -0.1) is 0 Å². The van der Waals surface area contributed by atoms with E-state index in [0.717, 1.165) is 36.3 Å². The standard InChI is InChI=1S/C20H34O3/c1-4-7-8-9-10-11-12-13-17-18(21)14-15-19(22-6-3)20(17)23-16-5-2/h14-15,21H,4-13,16H2,1-3H3. The zero-order chi connectivity index (χ0) is 16.9. The number of unbranched alkanes of at least 4 members (excludes halogenated alkanes) is 6. The molecule has 0 heterocycles. The van der Waals surface area contributed by atoms with Gasteiger partial charge in [0, 0.05) is 5.56 Å². The number of aromatic hydroxyl groups is 1. The molecule has 0 atom stereocenters. The maximum Gasteiger partial charge on any atom is 0.168 e. The molecule has 1 aromatic carbocycles. The summed E-state index contributed by atoms with van der Waals surface area (Å²) >= 11 is 0. The second-order valence-corrected chi connectivity index (χ2v) is 6.04. The summed E-state index contributed by atoms with van der Waals surface area (Å²) in [7, 11) is 0. The molecule has 0 aliphatic carbocycles. The SMILES string of the molecule is CCCCCCCCCc1c(O)ccc(OCC)c1OCCC. The van der Waals surface area contributed by atoms with Crippen LogP contribution in [-0.2, 0) is 6.42 Å². The molecule has 0 saturated carbocycles. The maximum atomic E-state index is 10.2. The number of benzene rings is 1. The Balaban J connectivity index is 2.61. The molecule has 23 heavy (non-hydrogen) atoms. The molecule has 0 amide bonds. The summed E-state index contributed by atoms with van der Waals surface area (Å²) in [5, 5.41) is 10.2. The minimum Gasteiger partial charge on any atom is -0.508 e. The number of hydrogen-bond acceptors (Lipinski definition) is 3. The number of rotatable bonds is 13. The van der Waals surface area contributed by atoms with Crippen molar-refractivity contribution in [2.75, 3.05) is 13.2 Å². The summed E-state index contributed by atoms with van der Waals surface area (Å²) in [4.78, 5) is 0. The molecule has 0 bridgehead atoms. The molecule has 1 rings (SSSR count). The molecule has 3 heteroatoms. The Bertz CT molecular complexity index is 429. The summed E-state index contributed by atoms with van der Waals surface area (Å²) in [5.41, 5.74) is 0.901. The predicted molar refractivity (Wildman–Crippen MR) is 96.8 cm³/mol. The van der Waals surface area contributed by atoms with E-state index in [4.69, 9.17) is 9.47 Å². The number of ether oxygens (including phenoxy) is 2. The molecule has 0 unspecified atom stereocenters. The molecule has 0 aliphatic heterocycles. The van der Waals surface area contributed by atoms with Gasteiger partial charge in [-0.05, 0) is 38.3 Å². The fraction of sp³-hybridized carbons (Fsp3) is 0.700. The van der Waals surface area contributed by atoms with Gasteiger partial charge in [0.15, 0.2) is 11.5 Å². The van der Waals surface area contributed by atoms with E-state index in [2.05, 4.69) is 13.8 Å². The number of phenols is 1. The van der Waals surface area contributed by atoms with E-state index in [1.807, 2.05) is 6.92 Å². The van der Waals surface area contributed by atoms with E-state index in [1.54, 1.807) is 12.1 Å². The van der Waals surface area contributed by atoms with Crippen molar-refractivity contribution in [3.63, 3.8) is 0 Å². The van der Waals surface area contributed by atoms with Crippen LogP contribution < -0.4 is 9.47 Å². The molecule has 1 aromatic rings. The highest BCUT2D eigenvalue weighted by Gasteiger charge is 2.15. The average Bonchev–Trinajstić information content (AvgIpc) is 2.55. The Hall–Kier alpha value is -1.38. The van der Waals surface area contributed by atoms with Crippen LogP contribution in [0.1, 0.15) is 77.7 Å². The molecule has 0 radical (unpaired) electrons. The third-order valence-electron chi connectivity index (χ3n) is 3.98. The fourth-order valence-corrected chi connectivity index (χ4v) is 2.73. The van der Waals surface area contributed by atoms with Gasteiger partial charge in [0.05, 0.1) is 13.2 Å². The van der Waals surface area contributed by atoms with Crippen LogP contribution in [0.3, 0.4) is 0 Å². The summed E-state index contributed by atoms with van der Waals surface area (Å²) in [5.74, 6) is 1.81. The highest BCUT2D eigenvalue weighted by molar-refractivity contribution is 5.53. The molecule has 0 saturated heterocycles. The Morgan fingerprint density at radius 2 is 1.52 bits per heavy atom. The first-order valence-corrected chi connectivity index (χ1v) is 9.34. The lowest BCUT2D eigenvalue weighted by atomic mass is 10.0. The highest BCUT2D eigenvalue weighted by atomic mass is 16.5. The van der Waals surface area contributed by atoms with Gasteiger partial charge in [0.2, 0.25) is 0 Å². The second kappa shape index (κ2) is 12.1. The summed E-state index contributed by atoms with van der Waals surface area (Å²) in [6.07, 6.45) is 10.6. The van der Waals surface area contributed by atoms with Crippen LogP contribution in [0.2, 0.25) is 0 Å². The maximum absolute atomic E-state index is 10.2. The molecular formula is C20H34O3. The minimum absolute atomic E-state index is 0.325. The normalized spacial score (nSPS) is 10.7. The van der Waals surface area contributed by atoms with Crippen LogP contribution >= 0.6 is 0 Å². The Morgan fingerprint density at radius 3 is 2.17 bits per heavy atom. The smallest absolute Gasteiger partial charge is 0.168 e. The Kier molecular flexibility index (Phi) is 10.3. The van der Waals surface area contributed by atoms with E-state index in [0.29, 0.717) is 19.0 Å². The Labute approximate surface area is 142 Å². The van der Waals surface area contributed by atoms with Crippen molar-refractivity contribution in [3.8, 4) is 17.2 Å². The van der Waals surface area contributed by atoms with Crippen LogP contribution in [0, 0.1) is 0 Å². The number of phenolic OH excluding ortho intramolecular Hbond substituents is 1. The van der Waals surface area contributed by atoms with E-state index in [9.17, 15) is 5.11 Å². The van der Waals surface area contributed by atoms with Crippen molar-refractivity contribution in [3.05, 3.63) is 17.7 Å².